The first kappa shape index (κ1) is 29.8. The summed E-state index contributed by atoms with van der Waals surface area (Å²) in [6.07, 6.45) is 6.51. The van der Waals surface area contributed by atoms with Crippen LogP contribution in [0, 0.1) is 5.92 Å². The molecule has 0 nitrogen and oxygen atoms in total. The fraction of sp³-hybridized carbons (Fsp3) is 0.867. The maximum Gasteiger partial charge on any atom is -0.0200 e. The third kappa shape index (κ3) is 141. The molecule has 0 aliphatic carbocycles. The Kier molecular flexibility index (Phi) is 110. The van der Waals surface area contributed by atoms with E-state index in [1.54, 1.807) is 0 Å². The van der Waals surface area contributed by atoms with Gasteiger partial charge < -0.3 is 0 Å². The van der Waals surface area contributed by atoms with Crippen molar-refractivity contribution in [1.29, 1.82) is 0 Å². The second-order valence-electron chi connectivity index (χ2n) is 2.61. The quantitative estimate of drug-likeness (QED) is 0.384. The first-order valence-electron chi connectivity index (χ1n) is 7.00. The molecule has 0 aliphatic rings. The Balaban J connectivity index is -0.0000000345. The molecule has 0 fully saturated rings. The molecule has 0 aromatic heterocycles. The van der Waals surface area contributed by atoms with Crippen LogP contribution in [0.5, 0.6) is 0 Å². The van der Waals surface area contributed by atoms with Crippen LogP contribution >= 0.6 is 9.24 Å². The number of rotatable bonds is 2. The molecule has 0 saturated carbocycles. The summed E-state index contributed by atoms with van der Waals surface area (Å²) in [7, 11) is 2.61. The topological polar surface area (TPSA) is 0 Å². The van der Waals surface area contributed by atoms with Crippen molar-refractivity contribution in [2.24, 2.45) is 5.92 Å². The van der Waals surface area contributed by atoms with E-state index in [1.165, 1.54) is 6.42 Å². The summed E-state index contributed by atoms with van der Waals surface area (Å²) in [4.78, 5) is 0. The van der Waals surface area contributed by atoms with Crippen LogP contribution in [0.1, 0.15) is 75.7 Å². The molecular formula is C15H39P. The maximum atomic E-state index is 2.61. The van der Waals surface area contributed by atoms with Crippen LogP contribution in [0.25, 0.3) is 0 Å². The van der Waals surface area contributed by atoms with E-state index in [2.05, 4.69) is 36.1 Å². The highest BCUT2D eigenvalue weighted by Crippen LogP contribution is 1.93. The normalized spacial score (nSPS) is 7.25. The molecule has 16 heavy (non-hydrogen) atoms. The van der Waals surface area contributed by atoms with Crippen molar-refractivity contribution in [3.63, 3.8) is 0 Å². The van der Waals surface area contributed by atoms with Crippen LogP contribution < -0.4 is 0 Å². The third-order valence-electron chi connectivity index (χ3n) is 1.19. The standard InChI is InChI=1S/C5H12.C4H9P.3C2H6/c1-4-5(2)3;1-2-3-4-5;3*1-2/h5H,4H2,1-3H3;2-3H,4-5H2,1H3;3*1-2H3. The molecule has 0 rings (SSSR count). The van der Waals surface area contributed by atoms with Gasteiger partial charge in [0.2, 0.25) is 0 Å². The van der Waals surface area contributed by atoms with Gasteiger partial charge in [-0.15, -0.1) is 9.24 Å². The lowest BCUT2D eigenvalue weighted by molar-refractivity contribution is 0.626. The number of hydrogen-bond donors (Lipinski definition) is 0. The number of allylic oxidation sites excluding steroid dienone is 2. The van der Waals surface area contributed by atoms with Crippen LogP contribution in [-0.4, -0.2) is 6.16 Å². The Labute approximate surface area is 110 Å². The second-order valence-corrected chi connectivity index (χ2v) is 3.08. The van der Waals surface area contributed by atoms with Crippen molar-refractivity contribution in [3.05, 3.63) is 12.2 Å². The zero-order chi connectivity index (χ0) is 14.4. The SMILES string of the molecule is CC.CC.CC.CC=CCP.CCC(C)C. The molecule has 0 radical (unpaired) electrons. The first-order chi connectivity index (χ1) is 7.68. The van der Waals surface area contributed by atoms with Crippen molar-refractivity contribution < 1.29 is 0 Å². The van der Waals surface area contributed by atoms with Gasteiger partial charge >= 0.3 is 0 Å². The van der Waals surface area contributed by atoms with Gasteiger partial charge in [0.15, 0.2) is 0 Å². The summed E-state index contributed by atoms with van der Waals surface area (Å²) >= 11 is 0. The minimum Gasteiger partial charge on any atom is -0.134 e. The lowest BCUT2D eigenvalue weighted by Gasteiger charge is -1.90. The average Bonchev–Trinajstić information content (AvgIpc) is 2.38. The van der Waals surface area contributed by atoms with Gasteiger partial charge in [0.25, 0.3) is 0 Å². The third-order valence-corrected chi connectivity index (χ3v) is 1.46. The van der Waals surface area contributed by atoms with E-state index in [0.717, 1.165) is 12.1 Å². The van der Waals surface area contributed by atoms with Crippen molar-refractivity contribution in [1.82, 2.24) is 0 Å². The largest absolute Gasteiger partial charge is 0.134 e. The van der Waals surface area contributed by atoms with Gasteiger partial charge in [-0.05, 0) is 19.0 Å². The summed E-state index contributed by atoms with van der Waals surface area (Å²) in [6.45, 7) is 20.7. The fourth-order valence-corrected chi connectivity index (χ4v) is 0.408. The van der Waals surface area contributed by atoms with E-state index < -0.39 is 0 Å². The zero-order valence-corrected chi connectivity index (χ0v) is 14.9. The zero-order valence-electron chi connectivity index (χ0n) is 13.7. The van der Waals surface area contributed by atoms with Crippen LogP contribution in [0.3, 0.4) is 0 Å². The molecule has 0 heterocycles. The molecule has 0 amide bonds. The minimum atomic E-state index is 0.884. The molecule has 0 aromatic rings. The van der Waals surface area contributed by atoms with Crippen LogP contribution in [0.2, 0.25) is 0 Å². The monoisotopic (exact) mass is 250 g/mol. The van der Waals surface area contributed by atoms with Gasteiger partial charge in [-0.3, -0.25) is 0 Å². The lowest BCUT2D eigenvalue weighted by atomic mass is 10.2. The van der Waals surface area contributed by atoms with E-state index >= 15 is 0 Å². The molecule has 0 aliphatic heterocycles. The van der Waals surface area contributed by atoms with Crippen molar-refractivity contribution in [2.75, 3.05) is 6.16 Å². The van der Waals surface area contributed by atoms with Crippen molar-refractivity contribution in [2.45, 2.75) is 75.7 Å². The van der Waals surface area contributed by atoms with Gasteiger partial charge in [0, 0.05) is 0 Å². The number of hydrogen-bond acceptors (Lipinski definition) is 0. The first-order valence-corrected chi connectivity index (χ1v) is 7.81. The smallest absolute Gasteiger partial charge is 0.0200 e. The Morgan fingerprint density at radius 3 is 1.19 bits per heavy atom. The van der Waals surface area contributed by atoms with E-state index in [1.807, 2.05) is 54.5 Å². The highest BCUT2D eigenvalue weighted by Gasteiger charge is 1.80. The van der Waals surface area contributed by atoms with Crippen LogP contribution in [0.4, 0.5) is 0 Å². The van der Waals surface area contributed by atoms with E-state index in [4.69, 9.17) is 0 Å². The van der Waals surface area contributed by atoms with Crippen LogP contribution in [0.15, 0.2) is 12.2 Å². The Hall–Kier alpha value is 0.170. The predicted octanol–water partition coefficient (Wildman–Crippen LogP) is 6.57. The maximum absolute atomic E-state index is 2.61. The summed E-state index contributed by atoms with van der Waals surface area (Å²) in [6, 6.07) is 0. The highest BCUT2D eigenvalue weighted by atomic mass is 31.0. The molecule has 1 unspecified atom stereocenters. The summed E-state index contributed by atoms with van der Waals surface area (Å²) in [5, 5.41) is 0. The Morgan fingerprint density at radius 2 is 1.19 bits per heavy atom. The molecule has 0 aromatic carbocycles. The highest BCUT2D eigenvalue weighted by molar-refractivity contribution is 7.16. The summed E-state index contributed by atoms with van der Waals surface area (Å²) in [5.74, 6) is 0.884. The van der Waals surface area contributed by atoms with Crippen molar-refractivity contribution >= 4 is 9.24 Å². The molecule has 1 heteroatoms. The molecule has 0 spiro atoms. The molecule has 1 atom stereocenters. The molecular weight excluding hydrogens is 211 g/mol. The average molecular weight is 250 g/mol. The predicted molar refractivity (Wildman–Crippen MR) is 88.6 cm³/mol. The molecule has 0 N–H and O–H groups in total. The Bertz CT molecular complexity index is 65.8. The van der Waals surface area contributed by atoms with Gasteiger partial charge in [0.1, 0.15) is 0 Å². The molecule has 0 saturated heterocycles. The van der Waals surface area contributed by atoms with Gasteiger partial charge in [-0.1, -0.05) is 80.9 Å². The van der Waals surface area contributed by atoms with Crippen molar-refractivity contribution in [3.8, 4) is 0 Å². The van der Waals surface area contributed by atoms with Gasteiger partial charge in [-0.25, -0.2) is 0 Å². The van der Waals surface area contributed by atoms with Crippen LogP contribution in [-0.2, 0) is 0 Å². The summed E-state index contributed by atoms with van der Waals surface area (Å²) < 4.78 is 0. The van der Waals surface area contributed by atoms with Gasteiger partial charge in [-0.2, -0.15) is 0 Å². The second kappa shape index (κ2) is 59.2. The lowest BCUT2D eigenvalue weighted by Crippen LogP contribution is -1.77. The van der Waals surface area contributed by atoms with E-state index in [-0.39, 0.29) is 0 Å². The minimum absolute atomic E-state index is 0.884. The fourth-order valence-electron chi connectivity index (χ4n) is 0.136. The van der Waals surface area contributed by atoms with Gasteiger partial charge in [0.05, 0.1) is 0 Å². The summed E-state index contributed by atoms with van der Waals surface area (Å²) in [5.41, 5.74) is 0. The molecule has 104 valence electrons. The van der Waals surface area contributed by atoms with E-state index in [0.29, 0.717) is 0 Å². The molecule has 0 bridgehead atoms. The van der Waals surface area contributed by atoms with E-state index in [9.17, 15) is 0 Å². The Morgan fingerprint density at radius 1 is 0.938 bits per heavy atom.